The van der Waals surface area contributed by atoms with Crippen LogP contribution in [0.25, 0.3) is 11.8 Å². The highest BCUT2D eigenvalue weighted by Gasteiger charge is 2.35. The van der Waals surface area contributed by atoms with E-state index in [0.717, 1.165) is 0 Å². The molecular formula is C35H34N2O7S. The number of fused-ring (bicyclic) bond motifs is 1. The van der Waals surface area contributed by atoms with Crippen molar-refractivity contribution in [2.24, 2.45) is 4.99 Å². The van der Waals surface area contributed by atoms with Gasteiger partial charge in [0.05, 0.1) is 49.3 Å². The average molecular weight is 627 g/mol. The maximum Gasteiger partial charge on any atom is 0.338 e. The van der Waals surface area contributed by atoms with Gasteiger partial charge in [0.2, 0.25) is 0 Å². The topological polar surface area (TPSA) is 109 Å². The van der Waals surface area contributed by atoms with Crippen molar-refractivity contribution in [3.8, 4) is 23.0 Å². The quantitative estimate of drug-likeness (QED) is 0.189. The number of carbonyl (C=O) groups is 1. The molecule has 0 saturated carbocycles. The highest BCUT2D eigenvalue weighted by Crippen LogP contribution is 2.38. The molecule has 2 heterocycles. The molecule has 45 heavy (non-hydrogen) atoms. The zero-order valence-corrected chi connectivity index (χ0v) is 26.3. The molecule has 1 atom stereocenters. The smallest absolute Gasteiger partial charge is 0.338 e. The molecular weight excluding hydrogens is 592 g/mol. The van der Waals surface area contributed by atoms with Gasteiger partial charge in [-0.15, -0.1) is 6.58 Å². The van der Waals surface area contributed by atoms with Crippen molar-refractivity contribution in [1.82, 2.24) is 4.57 Å². The summed E-state index contributed by atoms with van der Waals surface area (Å²) in [4.78, 5) is 33.3. The van der Waals surface area contributed by atoms with Gasteiger partial charge in [-0.1, -0.05) is 53.8 Å². The van der Waals surface area contributed by atoms with Gasteiger partial charge >= 0.3 is 5.97 Å². The summed E-state index contributed by atoms with van der Waals surface area (Å²) in [5.74, 6) is 0.723. The van der Waals surface area contributed by atoms with Gasteiger partial charge in [-0.3, -0.25) is 9.36 Å². The lowest BCUT2D eigenvalue weighted by Gasteiger charge is -2.26. The number of aromatic nitrogens is 1. The first-order valence-electron chi connectivity index (χ1n) is 14.4. The van der Waals surface area contributed by atoms with Crippen molar-refractivity contribution in [1.29, 1.82) is 0 Å². The lowest BCUT2D eigenvalue weighted by atomic mass is 9.93. The van der Waals surface area contributed by atoms with Crippen molar-refractivity contribution >= 4 is 29.1 Å². The molecule has 5 rings (SSSR count). The number of methoxy groups -OCH3 is 2. The molecule has 0 saturated heterocycles. The van der Waals surface area contributed by atoms with Crippen LogP contribution in [0, 0.1) is 0 Å². The second-order valence-electron chi connectivity index (χ2n) is 10.00. The van der Waals surface area contributed by atoms with E-state index >= 15 is 0 Å². The van der Waals surface area contributed by atoms with Gasteiger partial charge in [0, 0.05) is 11.1 Å². The van der Waals surface area contributed by atoms with E-state index < -0.39 is 12.0 Å². The van der Waals surface area contributed by atoms with Crippen LogP contribution in [-0.2, 0) is 16.0 Å². The zero-order valence-electron chi connectivity index (χ0n) is 25.5. The summed E-state index contributed by atoms with van der Waals surface area (Å²) >= 11 is 1.20. The Balaban J connectivity index is 1.82. The van der Waals surface area contributed by atoms with E-state index in [0.29, 0.717) is 67.6 Å². The van der Waals surface area contributed by atoms with Crippen LogP contribution in [0.1, 0.15) is 42.1 Å². The molecule has 0 aliphatic carbocycles. The number of ether oxygens (including phenoxy) is 4. The van der Waals surface area contributed by atoms with Crippen LogP contribution >= 0.6 is 11.3 Å². The number of carbonyl (C=O) groups excluding carboxylic acids is 1. The lowest BCUT2D eigenvalue weighted by molar-refractivity contribution is -0.138. The van der Waals surface area contributed by atoms with Crippen LogP contribution in [0.15, 0.2) is 88.7 Å². The van der Waals surface area contributed by atoms with Crippen LogP contribution in [0.5, 0.6) is 23.0 Å². The Labute approximate surface area is 264 Å². The summed E-state index contributed by atoms with van der Waals surface area (Å²) in [6.07, 6.45) is 3.84. The van der Waals surface area contributed by atoms with Crippen LogP contribution < -0.4 is 29.1 Å². The molecule has 0 bridgehead atoms. The summed E-state index contributed by atoms with van der Waals surface area (Å²) in [5.41, 5.74) is 2.90. The summed E-state index contributed by atoms with van der Waals surface area (Å²) in [6.45, 7) is 7.85. The maximum atomic E-state index is 14.3. The zero-order chi connectivity index (χ0) is 32.1. The molecule has 10 heteroatoms. The van der Waals surface area contributed by atoms with Gasteiger partial charge in [-0.2, -0.15) is 0 Å². The summed E-state index contributed by atoms with van der Waals surface area (Å²) in [7, 11) is 3.07. The van der Waals surface area contributed by atoms with E-state index in [1.54, 1.807) is 56.5 Å². The van der Waals surface area contributed by atoms with Gasteiger partial charge in [0.25, 0.3) is 5.56 Å². The van der Waals surface area contributed by atoms with Gasteiger partial charge in [-0.25, -0.2) is 9.79 Å². The Bertz CT molecular complexity index is 1960. The molecule has 1 aromatic heterocycles. The number of esters is 1. The molecule has 1 aliphatic heterocycles. The summed E-state index contributed by atoms with van der Waals surface area (Å²) < 4.78 is 24.2. The van der Waals surface area contributed by atoms with Crippen LogP contribution in [-0.4, -0.2) is 43.1 Å². The molecule has 4 aromatic rings. The van der Waals surface area contributed by atoms with Crippen LogP contribution in [0.3, 0.4) is 0 Å². The van der Waals surface area contributed by atoms with Gasteiger partial charge in [-0.05, 0) is 61.7 Å². The average Bonchev–Trinajstić information content (AvgIpc) is 3.36. The number of benzene rings is 3. The minimum atomic E-state index is -0.882. The molecule has 232 valence electrons. The Hall–Kier alpha value is -5.09. The van der Waals surface area contributed by atoms with E-state index in [-0.39, 0.29) is 23.5 Å². The molecule has 0 unspecified atom stereocenters. The molecule has 3 aromatic carbocycles. The van der Waals surface area contributed by atoms with Crippen LogP contribution in [0.2, 0.25) is 0 Å². The number of nitrogens with zero attached hydrogens (tertiary/aromatic N) is 2. The molecule has 0 radical (unpaired) electrons. The predicted molar refractivity (Wildman–Crippen MR) is 174 cm³/mol. The van der Waals surface area contributed by atoms with E-state index in [2.05, 4.69) is 6.58 Å². The first-order valence-corrected chi connectivity index (χ1v) is 15.3. The number of hydrogen-bond donors (Lipinski definition) is 1. The number of hydrogen-bond acceptors (Lipinski definition) is 9. The number of rotatable bonds is 11. The second-order valence-corrected chi connectivity index (χ2v) is 11.0. The third-order valence-corrected chi connectivity index (χ3v) is 8.22. The van der Waals surface area contributed by atoms with E-state index in [9.17, 15) is 14.7 Å². The maximum absolute atomic E-state index is 14.3. The first kappa shape index (κ1) is 31.3. The second kappa shape index (κ2) is 13.7. The van der Waals surface area contributed by atoms with Gasteiger partial charge in [0.1, 0.15) is 0 Å². The highest BCUT2D eigenvalue weighted by atomic mass is 32.1. The SMILES string of the molecule is C=CCc1cc(/C=c2/sc3n(c2=O)[C@H](c2ccc(OC)c(OC)c2)C(C(=O)OCC)=C(c2ccccc2)N=3)cc(OCC)c1O. The van der Waals surface area contributed by atoms with Gasteiger partial charge in [0.15, 0.2) is 27.8 Å². The van der Waals surface area contributed by atoms with E-state index in [1.807, 2.05) is 37.3 Å². The van der Waals surface area contributed by atoms with E-state index in [4.69, 9.17) is 23.9 Å². The number of aromatic hydroxyl groups is 1. The van der Waals surface area contributed by atoms with Crippen molar-refractivity contribution < 1.29 is 28.8 Å². The normalized spacial score (nSPS) is 14.4. The monoisotopic (exact) mass is 626 g/mol. The van der Waals surface area contributed by atoms with E-state index in [1.165, 1.54) is 23.0 Å². The molecule has 9 nitrogen and oxygen atoms in total. The molecule has 0 fully saturated rings. The summed E-state index contributed by atoms with van der Waals surface area (Å²) in [6, 6.07) is 17.2. The fourth-order valence-corrected chi connectivity index (χ4v) is 6.28. The lowest BCUT2D eigenvalue weighted by Crippen LogP contribution is -2.40. The number of phenols is 1. The standard InChI is InChI=1S/C35H34N2O7S/c1-6-12-24-17-21(18-27(32(24)38)43-7-2)19-28-33(39)37-31(23-15-16-25(41-4)26(20-23)42-5)29(34(40)44-8-3)30(36-35(37)45-28)22-13-10-9-11-14-22/h6,9-11,13-20,31,38H,1,7-8,12H2,2-5H3/b28-19+/t31-/m1/s1. The van der Waals surface area contributed by atoms with Crippen molar-refractivity contribution in [2.45, 2.75) is 26.3 Å². The fourth-order valence-electron chi connectivity index (χ4n) is 5.28. The van der Waals surface area contributed by atoms with Crippen molar-refractivity contribution in [2.75, 3.05) is 27.4 Å². The first-order chi connectivity index (χ1) is 21.8. The summed E-state index contributed by atoms with van der Waals surface area (Å²) in [5, 5.41) is 10.7. The number of allylic oxidation sites excluding steroid dienone is 1. The largest absolute Gasteiger partial charge is 0.504 e. The minimum Gasteiger partial charge on any atom is -0.504 e. The Morgan fingerprint density at radius 3 is 2.44 bits per heavy atom. The van der Waals surface area contributed by atoms with Gasteiger partial charge < -0.3 is 24.1 Å². The predicted octanol–water partition coefficient (Wildman–Crippen LogP) is 4.79. The van der Waals surface area contributed by atoms with Crippen molar-refractivity contribution in [3.63, 3.8) is 0 Å². The Kier molecular flexibility index (Phi) is 9.53. The molecule has 1 aliphatic rings. The van der Waals surface area contributed by atoms with Crippen LogP contribution in [0.4, 0.5) is 0 Å². The Morgan fingerprint density at radius 1 is 1.02 bits per heavy atom. The molecule has 0 amide bonds. The Morgan fingerprint density at radius 2 is 1.78 bits per heavy atom. The number of phenolic OH excluding ortho intramolecular Hbond substituents is 1. The third-order valence-electron chi connectivity index (χ3n) is 7.24. The minimum absolute atomic E-state index is 0.0374. The van der Waals surface area contributed by atoms with Crippen molar-refractivity contribution in [3.05, 3.63) is 121 Å². The highest BCUT2D eigenvalue weighted by molar-refractivity contribution is 7.07. The molecule has 1 N–H and O–H groups in total. The molecule has 0 spiro atoms. The third kappa shape index (κ3) is 6.14. The fraction of sp³-hybridized carbons (Fsp3) is 0.229. The number of thiazole rings is 1.